The fourth-order valence-electron chi connectivity index (χ4n) is 7.78. The van der Waals surface area contributed by atoms with Gasteiger partial charge in [-0.05, 0) is 81.2 Å². The molecule has 8 heteroatoms. The van der Waals surface area contributed by atoms with E-state index < -0.39 is 16.9 Å². The fraction of sp³-hybridized carbons (Fsp3) is 0.533. The van der Waals surface area contributed by atoms with E-state index in [0.29, 0.717) is 43.6 Å². The quantitative estimate of drug-likeness (QED) is 0.504. The van der Waals surface area contributed by atoms with Gasteiger partial charge in [0.05, 0.1) is 23.7 Å². The van der Waals surface area contributed by atoms with Gasteiger partial charge in [-0.2, -0.15) is 0 Å². The van der Waals surface area contributed by atoms with Crippen LogP contribution in [0, 0.1) is 5.92 Å². The molecular weight excluding hydrogens is 482 g/mol. The third-order valence-corrected chi connectivity index (χ3v) is 10.1. The first-order chi connectivity index (χ1) is 18.2. The standard InChI is InChI=1S/C30H37N3O5/c1-32(25(34)8-5-20-10-14-38-18-20)22-9-11-30(37)24-15-21-6-7-23(28(31)36)27(35)26(21)29(30,16-22)12-13-33(24)17-19-3-2-4-19/h5-8,10,14,18-19,22,24,35,37H,2-4,9,11-13,15-17H2,1H3,(H2,31,36). The monoisotopic (exact) mass is 519 g/mol. The maximum absolute atomic E-state index is 13.1. The number of fused-ring (bicyclic) bond motifs is 1. The average Bonchev–Trinajstić information content (AvgIpc) is 3.38. The van der Waals surface area contributed by atoms with Gasteiger partial charge in [0, 0.05) is 48.3 Å². The van der Waals surface area contributed by atoms with Gasteiger partial charge in [-0.15, -0.1) is 0 Å². The van der Waals surface area contributed by atoms with Crippen molar-refractivity contribution >= 4 is 17.9 Å². The van der Waals surface area contributed by atoms with Crippen LogP contribution in [0.4, 0.5) is 0 Å². The van der Waals surface area contributed by atoms with Gasteiger partial charge in [0.1, 0.15) is 5.75 Å². The predicted octanol–water partition coefficient (Wildman–Crippen LogP) is 3.21. The minimum atomic E-state index is -1.07. The van der Waals surface area contributed by atoms with Crippen molar-refractivity contribution < 1.29 is 24.2 Å². The van der Waals surface area contributed by atoms with Gasteiger partial charge in [0.15, 0.2) is 0 Å². The highest BCUT2D eigenvalue weighted by Crippen LogP contribution is 2.61. The molecule has 2 amide bonds. The number of phenols is 1. The highest BCUT2D eigenvalue weighted by Gasteiger charge is 2.66. The second-order valence-corrected chi connectivity index (χ2v) is 11.9. The summed E-state index contributed by atoms with van der Waals surface area (Å²) in [6, 6.07) is 5.12. The number of carbonyl (C=O) groups is 2. The molecule has 0 radical (unpaired) electrons. The molecule has 6 rings (SSSR count). The lowest BCUT2D eigenvalue weighted by Crippen LogP contribution is -2.74. The number of hydrogen-bond donors (Lipinski definition) is 3. The van der Waals surface area contributed by atoms with Crippen molar-refractivity contribution in [2.45, 2.75) is 74.5 Å². The molecule has 38 heavy (non-hydrogen) atoms. The molecule has 1 aromatic heterocycles. The van der Waals surface area contributed by atoms with Crippen molar-refractivity contribution in [2.75, 3.05) is 20.1 Å². The third kappa shape index (κ3) is 3.80. The maximum atomic E-state index is 13.1. The zero-order valence-electron chi connectivity index (χ0n) is 21.9. The molecule has 3 aliphatic carbocycles. The average molecular weight is 520 g/mol. The lowest BCUT2D eigenvalue weighted by atomic mass is 9.48. The Hall–Kier alpha value is -3.10. The number of piperidine rings is 1. The molecule has 2 aromatic rings. The van der Waals surface area contributed by atoms with E-state index in [4.69, 9.17) is 10.2 Å². The van der Waals surface area contributed by atoms with E-state index in [0.717, 1.165) is 24.2 Å². The number of primary amides is 1. The van der Waals surface area contributed by atoms with Crippen LogP contribution >= 0.6 is 0 Å². The van der Waals surface area contributed by atoms with Gasteiger partial charge >= 0.3 is 0 Å². The van der Waals surface area contributed by atoms with Gasteiger partial charge in [0.25, 0.3) is 5.91 Å². The van der Waals surface area contributed by atoms with Crippen LogP contribution in [0.5, 0.6) is 5.75 Å². The van der Waals surface area contributed by atoms with E-state index in [1.807, 2.05) is 6.07 Å². The Morgan fingerprint density at radius 3 is 2.74 bits per heavy atom. The Kier molecular flexibility index (Phi) is 6.15. The molecule has 4 N–H and O–H groups in total. The van der Waals surface area contributed by atoms with Gasteiger partial charge < -0.3 is 25.3 Å². The number of carbonyl (C=O) groups excluding carboxylic acids is 2. The van der Waals surface area contributed by atoms with Crippen molar-refractivity contribution in [3.63, 3.8) is 0 Å². The largest absolute Gasteiger partial charge is 0.507 e. The number of aliphatic hydroxyl groups is 1. The second kappa shape index (κ2) is 9.27. The van der Waals surface area contributed by atoms with Crippen LogP contribution in [0.2, 0.25) is 0 Å². The SMILES string of the molecule is CN(C(=O)C=Cc1ccoc1)C1CCC2(O)C3Cc4ccc(C(N)=O)c(O)c4C2(CCN3CC2CCC2)C1. The van der Waals surface area contributed by atoms with Crippen molar-refractivity contribution in [1.29, 1.82) is 0 Å². The summed E-state index contributed by atoms with van der Waals surface area (Å²) in [5.74, 6) is -0.226. The lowest BCUT2D eigenvalue weighted by Gasteiger charge is -2.65. The Morgan fingerprint density at radius 2 is 2.05 bits per heavy atom. The summed E-state index contributed by atoms with van der Waals surface area (Å²) in [7, 11) is 1.81. The number of nitrogens with two attached hydrogens (primary N) is 1. The number of furan rings is 1. The predicted molar refractivity (Wildman–Crippen MR) is 142 cm³/mol. The maximum Gasteiger partial charge on any atom is 0.252 e. The summed E-state index contributed by atoms with van der Waals surface area (Å²) in [6.07, 6.45) is 13.2. The number of nitrogens with zero attached hydrogens (tertiary/aromatic N) is 2. The van der Waals surface area contributed by atoms with Crippen LogP contribution in [0.1, 0.15) is 72.0 Å². The van der Waals surface area contributed by atoms with Crippen molar-refractivity contribution in [3.05, 3.63) is 59.1 Å². The third-order valence-electron chi connectivity index (χ3n) is 10.1. The number of amides is 2. The van der Waals surface area contributed by atoms with Crippen LogP contribution in [-0.2, 0) is 16.6 Å². The molecule has 1 aliphatic heterocycles. The van der Waals surface area contributed by atoms with Crippen LogP contribution in [0.15, 0.2) is 41.2 Å². The van der Waals surface area contributed by atoms with Gasteiger partial charge in [-0.25, -0.2) is 0 Å². The van der Waals surface area contributed by atoms with E-state index in [-0.39, 0.29) is 29.3 Å². The zero-order valence-corrected chi connectivity index (χ0v) is 21.9. The van der Waals surface area contributed by atoms with Gasteiger partial charge in [-0.3, -0.25) is 14.5 Å². The number of hydrogen-bond acceptors (Lipinski definition) is 6. The smallest absolute Gasteiger partial charge is 0.252 e. The number of aromatic hydroxyl groups is 1. The number of rotatable bonds is 6. The Morgan fingerprint density at radius 1 is 1.24 bits per heavy atom. The summed E-state index contributed by atoms with van der Waals surface area (Å²) >= 11 is 0. The molecular formula is C30H37N3O5. The molecule has 2 heterocycles. The first-order valence-corrected chi connectivity index (χ1v) is 13.8. The summed E-state index contributed by atoms with van der Waals surface area (Å²) < 4.78 is 5.09. The minimum Gasteiger partial charge on any atom is -0.507 e. The summed E-state index contributed by atoms with van der Waals surface area (Å²) in [4.78, 5) is 29.6. The number of likely N-dealkylation sites (tertiary alicyclic amines) is 1. The molecule has 1 saturated heterocycles. The van der Waals surface area contributed by atoms with Gasteiger partial charge in [-0.1, -0.05) is 12.5 Å². The van der Waals surface area contributed by atoms with Crippen LogP contribution in [0.25, 0.3) is 6.08 Å². The van der Waals surface area contributed by atoms with Crippen molar-refractivity contribution in [1.82, 2.24) is 9.80 Å². The molecule has 4 unspecified atom stereocenters. The molecule has 4 aliphatic rings. The topological polar surface area (TPSA) is 120 Å². The van der Waals surface area contributed by atoms with Crippen LogP contribution < -0.4 is 5.73 Å². The van der Waals surface area contributed by atoms with E-state index in [1.54, 1.807) is 48.8 Å². The molecule has 8 nitrogen and oxygen atoms in total. The molecule has 4 atom stereocenters. The number of benzene rings is 1. The van der Waals surface area contributed by atoms with E-state index in [1.165, 1.54) is 19.3 Å². The molecule has 1 aromatic carbocycles. The summed E-state index contributed by atoms with van der Waals surface area (Å²) in [5.41, 5.74) is 6.32. The fourth-order valence-corrected chi connectivity index (χ4v) is 7.78. The highest BCUT2D eigenvalue weighted by molar-refractivity contribution is 5.96. The Labute approximate surface area is 223 Å². The first-order valence-electron chi connectivity index (χ1n) is 13.8. The van der Waals surface area contributed by atoms with E-state index >= 15 is 0 Å². The lowest BCUT2D eigenvalue weighted by molar-refractivity contribution is -0.180. The van der Waals surface area contributed by atoms with Crippen LogP contribution in [-0.4, -0.2) is 69.6 Å². The van der Waals surface area contributed by atoms with E-state index in [9.17, 15) is 19.8 Å². The number of likely N-dealkylation sites (N-methyl/N-ethyl adjacent to an activating group) is 1. The highest BCUT2D eigenvalue weighted by atomic mass is 16.3. The molecule has 202 valence electrons. The molecule has 0 spiro atoms. The minimum absolute atomic E-state index is 0.0638. The van der Waals surface area contributed by atoms with E-state index in [2.05, 4.69) is 4.90 Å². The van der Waals surface area contributed by atoms with Gasteiger partial charge in [0.2, 0.25) is 5.91 Å². The normalized spacial score (nSPS) is 30.9. The second-order valence-electron chi connectivity index (χ2n) is 11.9. The summed E-state index contributed by atoms with van der Waals surface area (Å²) in [6.45, 7) is 1.80. The molecule has 2 bridgehead atoms. The summed E-state index contributed by atoms with van der Waals surface area (Å²) in [5, 5.41) is 24.0. The Balaban J connectivity index is 1.37. The van der Waals surface area contributed by atoms with Crippen molar-refractivity contribution in [2.24, 2.45) is 11.7 Å². The molecule has 2 saturated carbocycles. The van der Waals surface area contributed by atoms with Crippen LogP contribution in [0.3, 0.4) is 0 Å². The van der Waals surface area contributed by atoms with Crippen molar-refractivity contribution in [3.8, 4) is 5.75 Å². The Bertz CT molecular complexity index is 1270. The zero-order chi connectivity index (χ0) is 26.7. The first kappa shape index (κ1) is 25.2. The molecule has 3 fully saturated rings.